The maximum atomic E-state index is 13.2. The number of ether oxygens (including phenoxy) is 1. The van der Waals surface area contributed by atoms with Crippen LogP contribution in [0, 0.1) is 11.2 Å². The van der Waals surface area contributed by atoms with E-state index in [-0.39, 0.29) is 11.7 Å². The molecule has 0 heterocycles. The Hall–Kier alpha value is -3.87. The third-order valence-electron chi connectivity index (χ3n) is 5.80. The monoisotopic (exact) mass is 477 g/mol. The molecule has 0 aliphatic rings. The Morgan fingerprint density at radius 2 is 1.74 bits per heavy atom. The fourth-order valence-electron chi connectivity index (χ4n) is 3.94. The third-order valence-corrected chi connectivity index (χ3v) is 5.80. The number of carbonyl (C=O) groups is 1. The van der Waals surface area contributed by atoms with Gasteiger partial charge in [0.2, 0.25) is 0 Å². The summed E-state index contributed by atoms with van der Waals surface area (Å²) in [6.07, 6.45) is 2.97. The molecule has 1 atom stereocenters. The molecule has 0 amide bonds. The van der Waals surface area contributed by atoms with Crippen molar-refractivity contribution in [2.24, 2.45) is 5.73 Å². The highest BCUT2D eigenvalue weighted by atomic mass is 19.1. The Labute approximate surface area is 205 Å². The molecular weight excluding hydrogens is 445 g/mol. The minimum absolute atomic E-state index is 0.0528. The number of halogens is 1. The molecule has 0 aliphatic carbocycles. The van der Waals surface area contributed by atoms with Gasteiger partial charge >= 0.3 is 5.97 Å². The molecule has 6 nitrogen and oxygen atoms in total. The summed E-state index contributed by atoms with van der Waals surface area (Å²) < 4.78 is 19.5. The first-order chi connectivity index (χ1) is 16.8. The molecule has 3 aromatic carbocycles. The molecule has 184 valence electrons. The number of hydrogen-bond acceptors (Lipinski definition) is 4. The highest BCUT2D eigenvalue weighted by Gasteiger charge is 2.26. The average molecular weight is 478 g/mol. The molecule has 0 saturated carbocycles. The van der Waals surface area contributed by atoms with Crippen LogP contribution in [-0.2, 0) is 24.1 Å². The van der Waals surface area contributed by atoms with Crippen molar-refractivity contribution in [1.29, 1.82) is 5.41 Å². The van der Waals surface area contributed by atoms with Crippen molar-refractivity contribution >= 4 is 17.5 Å². The maximum absolute atomic E-state index is 13.2. The van der Waals surface area contributed by atoms with Crippen LogP contribution in [0.2, 0.25) is 0 Å². The average Bonchev–Trinajstić information content (AvgIpc) is 2.84. The highest BCUT2D eigenvalue weighted by Crippen LogP contribution is 2.34. The summed E-state index contributed by atoms with van der Waals surface area (Å²) >= 11 is 0. The zero-order valence-corrected chi connectivity index (χ0v) is 20.1. The molecule has 0 fully saturated rings. The lowest BCUT2D eigenvalue weighted by Crippen LogP contribution is -2.22. The molecule has 7 heteroatoms. The lowest BCUT2D eigenvalue weighted by atomic mass is 9.95. The first-order valence-electron chi connectivity index (χ1n) is 11.8. The van der Waals surface area contributed by atoms with Crippen LogP contribution in [0.1, 0.15) is 54.1 Å². The van der Waals surface area contributed by atoms with Crippen molar-refractivity contribution < 1.29 is 19.0 Å². The summed E-state index contributed by atoms with van der Waals surface area (Å²) in [5.74, 6) is -0.793. The van der Waals surface area contributed by atoms with Crippen molar-refractivity contribution in [1.82, 2.24) is 0 Å². The summed E-state index contributed by atoms with van der Waals surface area (Å²) in [6, 6.07) is 16.0. The first kappa shape index (κ1) is 25.7. The van der Waals surface area contributed by atoms with Crippen molar-refractivity contribution in [2.45, 2.75) is 45.6 Å². The number of carboxylic acid groups (broad SMARTS) is 1. The molecule has 0 radical (unpaired) electrons. The molecule has 0 spiro atoms. The van der Waals surface area contributed by atoms with Crippen LogP contribution < -0.4 is 15.8 Å². The van der Waals surface area contributed by atoms with E-state index in [4.69, 9.17) is 15.9 Å². The largest absolute Gasteiger partial charge is 0.493 e. The highest BCUT2D eigenvalue weighted by molar-refractivity contribution is 5.95. The molecule has 0 unspecified atom stereocenters. The molecule has 0 aromatic heterocycles. The number of carboxylic acids is 1. The summed E-state index contributed by atoms with van der Waals surface area (Å²) in [5, 5.41) is 20.8. The minimum atomic E-state index is -1.04. The summed E-state index contributed by atoms with van der Waals surface area (Å²) in [6.45, 7) is 4.44. The number of rotatable bonds is 12. The Kier molecular flexibility index (Phi) is 8.84. The minimum Gasteiger partial charge on any atom is -0.493 e. The van der Waals surface area contributed by atoms with Gasteiger partial charge in [0.1, 0.15) is 17.4 Å². The van der Waals surface area contributed by atoms with E-state index >= 15 is 0 Å². The van der Waals surface area contributed by atoms with Crippen LogP contribution in [0.25, 0.3) is 0 Å². The van der Waals surface area contributed by atoms with Crippen LogP contribution in [0.3, 0.4) is 0 Å². The molecule has 0 saturated heterocycles. The van der Waals surface area contributed by atoms with Crippen molar-refractivity contribution in [3.63, 3.8) is 0 Å². The van der Waals surface area contributed by atoms with Gasteiger partial charge in [0, 0.05) is 23.2 Å². The Morgan fingerprint density at radius 1 is 1.06 bits per heavy atom. The molecule has 3 rings (SSSR count). The molecule has 0 bridgehead atoms. The van der Waals surface area contributed by atoms with Crippen LogP contribution in [0.15, 0.2) is 60.7 Å². The van der Waals surface area contributed by atoms with Crippen LogP contribution in [0.5, 0.6) is 5.75 Å². The van der Waals surface area contributed by atoms with E-state index in [1.165, 1.54) is 12.1 Å². The topological polar surface area (TPSA) is 108 Å². The second-order valence-electron chi connectivity index (χ2n) is 8.41. The second-order valence-corrected chi connectivity index (χ2v) is 8.41. The van der Waals surface area contributed by atoms with E-state index in [0.717, 1.165) is 36.0 Å². The number of nitrogen functional groups attached to an aromatic ring is 1. The lowest BCUT2D eigenvalue weighted by Gasteiger charge is -2.23. The zero-order chi connectivity index (χ0) is 25.4. The van der Waals surface area contributed by atoms with Gasteiger partial charge in [-0.2, -0.15) is 0 Å². The van der Waals surface area contributed by atoms with E-state index < -0.39 is 12.0 Å². The fourth-order valence-corrected chi connectivity index (χ4v) is 3.94. The number of benzene rings is 3. The van der Waals surface area contributed by atoms with Gasteiger partial charge in [0.25, 0.3) is 0 Å². The van der Waals surface area contributed by atoms with Gasteiger partial charge in [-0.1, -0.05) is 38.5 Å². The number of anilines is 1. The normalized spacial score (nSPS) is 11.6. The van der Waals surface area contributed by atoms with Crippen LogP contribution in [-0.4, -0.2) is 23.5 Å². The van der Waals surface area contributed by atoms with Crippen LogP contribution >= 0.6 is 0 Å². The lowest BCUT2D eigenvalue weighted by molar-refractivity contribution is -0.138. The Bertz CT molecular complexity index is 1160. The predicted molar refractivity (Wildman–Crippen MR) is 137 cm³/mol. The van der Waals surface area contributed by atoms with Crippen molar-refractivity contribution in [3.8, 4) is 5.75 Å². The van der Waals surface area contributed by atoms with E-state index in [9.17, 15) is 14.3 Å². The summed E-state index contributed by atoms with van der Waals surface area (Å²) in [5.41, 5.74) is 10.2. The number of nitrogens with one attached hydrogen (secondary N) is 2. The van der Waals surface area contributed by atoms with E-state index in [1.807, 2.05) is 13.0 Å². The van der Waals surface area contributed by atoms with Gasteiger partial charge in [0.15, 0.2) is 6.04 Å². The quantitative estimate of drug-likeness (QED) is 0.204. The van der Waals surface area contributed by atoms with Crippen LogP contribution in [0.4, 0.5) is 10.1 Å². The third kappa shape index (κ3) is 6.82. The summed E-state index contributed by atoms with van der Waals surface area (Å²) in [4.78, 5) is 12.4. The summed E-state index contributed by atoms with van der Waals surface area (Å²) in [7, 11) is 0. The molecule has 0 aliphatic heterocycles. The standard InChI is InChI=1S/C28H32FN3O3/c1-3-5-21-16-18(4-2)17-24(26(21)35-15-14-19-6-10-22(29)11-7-19)25(28(33)34)32-23-12-8-20(9-13-23)27(30)31/h6-13,16-17,25,32H,3-5,14-15H2,1-2H3,(H3,30,31)(H,33,34)/t25-/m1/s1. The SMILES string of the molecule is CCCc1cc(CC)cc([C@@H](Nc2ccc(C(=N)N)cc2)C(=O)O)c1OCCc1ccc(F)cc1. The number of aliphatic carboxylic acids is 1. The van der Waals surface area contributed by atoms with E-state index in [2.05, 4.69) is 18.3 Å². The predicted octanol–water partition coefficient (Wildman–Crippen LogP) is 5.48. The second kappa shape index (κ2) is 12.0. The van der Waals surface area contributed by atoms with E-state index in [1.54, 1.807) is 36.4 Å². The van der Waals surface area contributed by atoms with Gasteiger partial charge in [-0.05, 0) is 72.0 Å². The molecule has 5 N–H and O–H groups in total. The van der Waals surface area contributed by atoms with Gasteiger partial charge in [-0.15, -0.1) is 0 Å². The fraction of sp³-hybridized carbons (Fsp3) is 0.286. The van der Waals surface area contributed by atoms with Gasteiger partial charge in [-0.3, -0.25) is 5.41 Å². The number of amidine groups is 1. The maximum Gasteiger partial charge on any atom is 0.330 e. The first-order valence-corrected chi connectivity index (χ1v) is 11.8. The van der Waals surface area contributed by atoms with E-state index in [0.29, 0.717) is 35.6 Å². The van der Waals surface area contributed by atoms with Gasteiger partial charge in [-0.25, -0.2) is 9.18 Å². The molecule has 35 heavy (non-hydrogen) atoms. The zero-order valence-electron chi connectivity index (χ0n) is 20.1. The Balaban J connectivity index is 1.95. The number of nitrogens with two attached hydrogens (primary N) is 1. The number of aryl methyl sites for hydroxylation is 2. The molecular formula is C28H32FN3O3. The van der Waals surface area contributed by atoms with Crippen molar-refractivity contribution in [2.75, 3.05) is 11.9 Å². The van der Waals surface area contributed by atoms with Gasteiger partial charge < -0.3 is 20.9 Å². The molecule has 3 aromatic rings. The van der Waals surface area contributed by atoms with Crippen molar-refractivity contribution in [3.05, 3.63) is 94.3 Å². The van der Waals surface area contributed by atoms with Gasteiger partial charge in [0.05, 0.1) is 6.61 Å². The number of hydrogen-bond donors (Lipinski definition) is 4. The Morgan fingerprint density at radius 3 is 2.31 bits per heavy atom. The smallest absolute Gasteiger partial charge is 0.330 e.